The largest absolute Gasteiger partial charge is 0.321 e. The molecule has 0 aliphatic heterocycles. The number of hydrogen-bond donors (Lipinski definition) is 1. The van der Waals surface area contributed by atoms with Crippen LogP contribution in [0.5, 0.6) is 0 Å². The number of benzene rings is 1. The average Bonchev–Trinajstić information content (AvgIpc) is 3.21. The number of aromatic nitrogens is 5. The molecule has 4 rings (SSSR count). The van der Waals surface area contributed by atoms with Crippen LogP contribution in [0.4, 0.5) is 5.69 Å². The van der Waals surface area contributed by atoms with Gasteiger partial charge in [-0.05, 0) is 24.3 Å². The van der Waals surface area contributed by atoms with Crippen LogP contribution in [0.1, 0.15) is 10.5 Å². The summed E-state index contributed by atoms with van der Waals surface area (Å²) in [5.41, 5.74) is 3.73. The molecule has 3 aromatic heterocycles. The topological polar surface area (TPSA) is 77.1 Å². The Hall–Kier alpha value is -3.48. The van der Waals surface area contributed by atoms with Crippen molar-refractivity contribution in [3.05, 3.63) is 66.7 Å². The molecule has 0 fully saturated rings. The second-order valence-corrected chi connectivity index (χ2v) is 5.40. The molecule has 0 atom stereocenters. The predicted octanol–water partition coefficient (Wildman–Crippen LogP) is 2.38. The fourth-order valence-corrected chi connectivity index (χ4v) is 2.44. The maximum atomic E-state index is 12.1. The highest BCUT2D eigenvalue weighted by atomic mass is 16.2. The standard InChI is InChI=1S/C17H14N6O/c1-22-10-15(20-21-22)17(24)18-13-7-5-12(6-8-13)14-11-23-9-3-2-4-16(23)19-14/h2-11H,1H3,(H,18,24). The molecule has 0 spiro atoms. The Morgan fingerprint density at radius 2 is 1.92 bits per heavy atom. The van der Waals surface area contributed by atoms with Crippen molar-refractivity contribution in [3.63, 3.8) is 0 Å². The normalized spacial score (nSPS) is 10.9. The maximum absolute atomic E-state index is 12.1. The molecule has 1 aromatic carbocycles. The number of nitrogens with zero attached hydrogens (tertiary/aromatic N) is 5. The number of aryl methyl sites for hydroxylation is 1. The lowest BCUT2D eigenvalue weighted by molar-refractivity contribution is 0.102. The minimum atomic E-state index is -0.288. The zero-order valence-corrected chi connectivity index (χ0v) is 12.9. The molecule has 0 radical (unpaired) electrons. The molecule has 0 aliphatic rings. The van der Waals surface area contributed by atoms with Crippen molar-refractivity contribution in [1.29, 1.82) is 0 Å². The van der Waals surface area contributed by atoms with Gasteiger partial charge in [0, 0.05) is 30.7 Å². The Kier molecular flexibility index (Phi) is 3.31. The first-order valence-electron chi connectivity index (χ1n) is 7.41. The lowest BCUT2D eigenvalue weighted by Gasteiger charge is -2.03. The van der Waals surface area contributed by atoms with Gasteiger partial charge in [0.15, 0.2) is 5.69 Å². The van der Waals surface area contributed by atoms with Crippen molar-refractivity contribution >= 4 is 17.2 Å². The summed E-state index contributed by atoms with van der Waals surface area (Å²) in [5.74, 6) is -0.288. The van der Waals surface area contributed by atoms with E-state index in [0.717, 1.165) is 16.9 Å². The number of imidazole rings is 1. The summed E-state index contributed by atoms with van der Waals surface area (Å²) < 4.78 is 3.46. The number of hydrogen-bond acceptors (Lipinski definition) is 4. The van der Waals surface area contributed by atoms with Crippen LogP contribution in [-0.4, -0.2) is 30.3 Å². The summed E-state index contributed by atoms with van der Waals surface area (Å²) >= 11 is 0. The number of pyridine rings is 1. The van der Waals surface area contributed by atoms with Gasteiger partial charge in [0.2, 0.25) is 0 Å². The third kappa shape index (κ3) is 2.63. The van der Waals surface area contributed by atoms with E-state index in [4.69, 9.17) is 0 Å². The van der Waals surface area contributed by atoms with Gasteiger partial charge in [-0.1, -0.05) is 23.4 Å². The molecular weight excluding hydrogens is 304 g/mol. The first kappa shape index (κ1) is 14.1. The van der Waals surface area contributed by atoms with Gasteiger partial charge in [-0.3, -0.25) is 9.48 Å². The average molecular weight is 318 g/mol. The first-order chi connectivity index (χ1) is 11.7. The third-order valence-electron chi connectivity index (χ3n) is 3.64. The number of rotatable bonds is 3. The molecule has 1 N–H and O–H groups in total. The van der Waals surface area contributed by atoms with Crippen molar-refractivity contribution in [2.45, 2.75) is 0 Å². The van der Waals surface area contributed by atoms with E-state index in [-0.39, 0.29) is 11.6 Å². The molecular formula is C17H14N6O. The minimum absolute atomic E-state index is 0.280. The summed E-state index contributed by atoms with van der Waals surface area (Å²) in [4.78, 5) is 16.6. The van der Waals surface area contributed by atoms with E-state index in [0.29, 0.717) is 5.69 Å². The van der Waals surface area contributed by atoms with Crippen LogP contribution in [0.3, 0.4) is 0 Å². The monoisotopic (exact) mass is 318 g/mol. The minimum Gasteiger partial charge on any atom is -0.321 e. The van der Waals surface area contributed by atoms with Gasteiger partial charge in [0.05, 0.1) is 11.9 Å². The number of nitrogens with one attached hydrogen (secondary N) is 1. The van der Waals surface area contributed by atoms with Gasteiger partial charge < -0.3 is 9.72 Å². The lowest BCUT2D eigenvalue weighted by Crippen LogP contribution is -2.12. The molecule has 1 amide bonds. The smallest absolute Gasteiger partial charge is 0.277 e. The zero-order valence-electron chi connectivity index (χ0n) is 12.9. The highest BCUT2D eigenvalue weighted by Gasteiger charge is 2.10. The van der Waals surface area contributed by atoms with Crippen molar-refractivity contribution in [2.75, 3.05) is 5.32 Å². The summed E-state index contributed by atoms with van der Waals surface area (Å²) in [5, 5.41) is 10.3. The highest BCUT2D eigenvalue weighted by molar-refractivity contribution is 6.02. The van der Waals surface area contributed by atoms with Crippen LogP contribution in [-0.2, 0) is 7.05 Å². The molecule has 0 aliphatic carbocycles. The van der Waals surface area contributed by atoms with Crippen LogP contribution < -0.4 is 5.32 Å². The van der Waals surface area contributed by atoms with Gasteiger partial charge in [-0.2, -0.15) is 0 Å². The second-order valence-electron chi connectivity index (χ2n) is 5.40. The summed E-state index contributed by atoms with van der Waals surface area (Å²) in [6.07, 6.45) is 5.50. The third-order valence-corrected chi connectivity index (χ3v) is 3.64. The predicted molar refractivity (Wildman–Crippen MR) is 89.6 cm³/mol. The van der Waals surface area contributed by atoms with E-state index in [2.05, 4.69) is 20.6 Å². The number of carbonyl (C=O) groups is 1. The van der Waals surface area contributed by atoms with Gasteiger partial charge >= 0.3 is 0 Å². The van der Waals surface area contributed by atoms with Crippen molar-refractivity contribution in [1.82, 2.24) is 24.4 Å². The van der Waals surface area contributed by atoms with Crippen LogP contribution in [0, 0.1) is 0 Å². The molecule has 0 unspecified atom stereocenters. The Morgan fingerprint density at radius 1 is 1.08 bits per heavy atom. The second kappa shape index (κ2) is 5.62. The molecule has 24 heavy (non-hydrogen) atoms. The molecule has 3 heterocycles. The number of fused-ring (bicyclic) bond motifs is 1. The van der Waals surface area contributed by atoms with E-state index >= 15 is 0 Å². The van der Waals surface area contributed by atoms with Crippen LogP contribution >= 0.6 is 0 Å². The maximum Gasteiger partial charge on any atom is 0.277 e. The molecule has 118 valence electrons. The van der Waals surface area contributed by atoms with Gasteiger partial charge in [-0.15, -0.1) is 5.10 Å². The Bertz CT molecular complexity index is 982. The quantitative estimate of drug-likeness (QED) is 0.629. The SMILES string of the molecule is Cn1cc(C(=O)Nc2ccc(-c3cn4ccccc4n3)cc2)nn1. The van der Waals surface area contributed by atoms with E-state index in [9.17, 15) is 4.79 Å². The Labute approximate surface area is 137 Å². The van der Waals surface area contributed by atoms with Crippen LogP contribution in [0.25, 0.3) is 16.9 Å². The van der Waals surface area contributed by atoms with Crippen molar-refractivity contribution < 1.29 is 4.79 Å². The number of anilines is 1. The molecule has 0 bridgehead atoms. The lowest BCUT2D eigenvalue weighted by atomic mass is 10.1. The molecule has 0 saturated heterocycles. The number of carbonyl (C=O) groups excluding carboxylic acids is 1. The molecule has 7 heteroatoms. The molecule has 4 aromatic rings. The van der Waals surface area contributed by atoms with E-state index < -0.39 is 0 Å². The van der Waals surface area contributed by atoms with Crippen molar-refractivity contribution in [2.24, 2.45) is 7.05 Å². The van der Waals surface area contributed by atoms with Crippen LogP contribution in [0.2, 0.25) is 0 Å². The summed E-state index contributed by atoms with van der Waals surface area (Å²) in [6.45, 7) is 0. The zero-order chi connectivity index (χ0) is 16.5. The van der Waals surface area contributed by atoms with E-state index in [1.165, 1.54) is 4.68 Å². The van der Waals surface area contributed by atoms with Gasteiger partial charge in [0.25, 0.3) is 5.91 Å². The number of amides is 1. The Balaban J connectivity index is 1.55. The molecule has 7 nitrogen and oxygen atoms in total. The fraction of sp³-hybridized carbons (Fsp3) is 0.0588. The van der Waals surface area contributed by atoms with Crippen molar-refractivity contribution in [3.8, 4) is 11.3 Å². The summed E-state index contributed by atoms with van der Waals surface area (Å²) in [6, 6.07) is 13.4. The van der Waals surface area contributed by atoms with Crippen LogP contribution in [0.15, 0.2) is 61.1 Å². The van der Waals surface area contributed by atoms with E-state index in [1.54, 1.807) is 13.2 Å². The summed E-state index contributed by atoms with van der Waals surface area (Å²) in [7, 11) is 1.72. The Morgan fingerprint density at radius 3 is 2.62 bits per heavy atom. The van der Waals surface area contributed by atoms with E-state index in [1.807, 2.05) is 59.3 Å². The fourth-order valence-electron chi connectivity index (χ4n) is 2.44. The highest BCUT2D eigenvalue weighted by Crippen LogP contribution is 2.21. The van der Waals surface area contributed by atoms with Gasteiger partial charge in [0.1, 0.15) is 5.65 Å². The van der Waals surface area contributed by atoms with Gasteiger partial charge in [-0.25, -0.2) is 4.98 Å². The first-order valence-corrected chi connectivity index (χ1v) is 7.41. The molecule has 0 saturated carbocycles.